The Bertz CT molecular complexity index is 547. The lowest BCUT2D eigenvalue weighted by atomic mass is 9.77. The molecule has 7 nitrogen and oxygen atoms in total. The van der Waals surface area contributed by atoms with Crippen molar-refractivity contribution in [1.82, 2.24) is 0 Å². The molecule has 3 atom stereocenters. The zero-order chi connectivity index (χ0) is 18.4. The molecule has 0 unspecified atom stereocenters. The minimum atomic E-state index is -1.13. The zero-order valence-electron chi connectivity index (χ0n) is 14.2. The molecular formula is C17H24O7. The number of ketones is 1. The van der Waals surface area contributed by atoms with Crippen LogP contribution < -0.4 is 0 Å². The monoisotopic (exact) mass is 340 g/mol. The van der Waals surface area contributed by atoms with Gasteiger partial charge in [0, 0.05) is 37.0 Å². The van der Waals surface area contributed by atoms with E-state index in [-0.39, 0.29) is 30.1 Å². The van der Waals surface area contributed by atoms with Crippen molar-refractivity contribution in [2.24, 2.45) is 11.8 Å². The first-order valence-electron chi connectivity index (χ1n) is 7.75. The van der Waals surface area contributed by atoms with Gasteiger partial charge in [-0.15, -0.1) is 0 Å². The molecule has 0 bridgehead atoms. The van der Waals surface area contributed by atoms with E-state index in [1.54, 1.807) is 0 Å². The maximum Gasteiger partial charge on any atom is 0.334 e. The van der Waals surface area contributed by atoms with Crippen LogP contribution in [0, 0.1) is 11.8 Å². The second kappa shape index (κ2) is 8.75. The van der Waals surface area contributed by atoms with Crippen molar-refractivity contribution in [2.75, 3.05) is 13.2 Å². The van der Waals surface area contributed by atoms with Gasteiger partial charge in [0.15, 0.2) is 6.10 Å². The summed E-state index contributed by atoms with van der Waals surface area (Å²) in [6.45, 7) is 7.57. The quantitative estimate of drug-likeness (QED) is 0.514. The van der Waals surface area contributed by atoms with Gasteiger partial charge in [0.25, 0.3) is 0 Å². The maximum absolute atomic E-state index is 12.4. The molecule has 1 aliphatic rings. The summed E-state index contributed by atoms with van der Waals surface area (Å²) in [6.07, 6.45) is -0.520. The largest absolute Gasteiger partial charge is 0.454 e. The van der Waals surface area contributed by atoms with E-state index >= 15 is 0 Å². The Morgan fingerprint density at radius 2 is 1.92 bits per heavy atom. The first-order chi connectivity index (χ1) is 11.2. The summed E-state index contributed by atoms with van der Waals surface area (Å²) in [5, 5.41) is 18.2. The average molecular weight is 340 g/mol. The van der Waals surface area contributed by atoms with E-state index < -0.39 is 42.5 Å². The van der Waals surface area contributed by atoms with Crippen molar-refractivity contribution in [1.29, 1.82) is 0 Å². The van der Waals surface area contributed by atoms with Crippen LogP contribution >= 0.6 is 0 Å². The van der Waals surface area contributed by atoms with E-state index in [1.165, 1.54) is 13.0 Å². The minimum absolute atomic E-state index is 0.0312. The highest BCUT2D eigenvalue weighted by Gasteiger charge is 2.44. The van der Waals surface area contributed by atoms with E-state index in [0.717, 1.165) is 0 Å². The Labute approximate surface area is 140 Å². The summed E-state index contributed by atoms with van der Waals surface area (Å²) >= 11 is 0. The summed E-state index contributed by atoms with van der Waals surface area (Å²) in [4.78, 5) is 35.8. The number of Topliss-reactive ketones (excluding diaryl/α,β-unsaturated/α-hetero) is 1. The molecule has 2 N–H and O–H groups in total. The first kappa shape index (κ1) is 20.1. The van der Waals surface area contributed by atoms with Crippen molar-refractivity contribution in [3.63, 3.8) is 0 Å². The van der Waals surface area contributed by atoms with Gasteiger partial charge in [-0.1, -0.05) is 20.4 Å². The predicted octanol–water partition coefficient (Wildman–Crippen LogP) is 0.542. The highest BCUT2D eigenvalue weighted by Crippen LogP contribution is 2.32. The zero-order valence-corrected chi connectivity index (χ0v) is 14.2. The third-order valence-corrected chi connectivity index (χ3v) is 3.85. The molecule has 0 heterocycles. The summed E-state index contributed by atoms with van der Waals surface area (Å²) in [7, 11) is 0. The molecule has 0 aromatic carbocycles. The maximum atomic E-state index is 12.4. The van der Waals surface area contributed by atoms with Crippen LogP contribution in [0.4, 0.5) is 0 Å². The van der Waals surface area contributed by atoms with Crippen molar-refractivity contribution in [2.45, 2.75) is 39.4 Å². The van der Waals surface area contributed by atoms with Crippen LogP contribution in [0.1, 0.15) is 27.2 Å². The molecule has 134 valence electrons. The Morgan fingerprint density at radius 1 is 1.29 bits per heavy atom. The van der Waals surface area contributed by atoms with Crippen LogP contribution in [0.5, 0.6) is 0 Å². The van der Waals surface area contributed by atoms with Crippen molar-refractivity contribution < 1.29 is 34.1 Å². The van der Waals surface area contributed by atoms with Gasteiger partial charge in [-0.3, -0.25) is 9.59 Å². The number of rotatable bonds is 7. The molecule has 0 aromatic rings. The van der Waals surface area contributed by atoms with Crippen LogP contribution in [0.25, 0.3) is 0 Å². The number of aliphatic hydroxyl groups is 2. The molecule has 7 heteroatoms. The molecule has 0 amide bonds. The number of esters is 2. The lowest BCUT2D eigenvalue weighted by Crippen LogP contribution is -2.48. The van der Waals surface area contributed by atoms with Crippen LogP contribution in [0.2, 0.25) is 0 Å². The third kappa shape index (κ3) is 4.75. The van der Waals surface area contributed by atoms with Crippen LogP contribution in [0.15, 0.2) is 23.8 Å². The second-order valence-electron chi connectivity index (χ2n) is 6.01. The molecule has 0 aromatic heterocycles. The van der Waals surface area contributed by atoms with Gasteiger partial charge in [-0.25, -0.2) is 4.79 Å². The lowest BCUT2D eigenvalue weighted by molar-refractivity contribution is -0.164. The molecule has 24 heavy (non-hydrogen) atoms. The SMILES string of the molecule is C=C(CCO)C(=O)O[C@H]1C=C(CO)C(=O)[C@H](OC(C)=O)[C@H]1C(C)C. The van der Waals surface area contributed by atoms with Crippen LogP contribution in [-0.2, 0) is 23.9 Å². The number of hydrogen-bond donors (Lipinski definition) is 2. The van der Waals surface area contributed by atoms with Gasteiger partial charge < -0.3 is 19.7 Å². The van der Waals surface area contributed by atoms with Crippen LogP contribution in [-0.4, -0.2) is 53.4 Å². The van der Waals surface area contributed by atoms with Gasteiger partial charge in [-0.2, -0.15) is 0 Å². The normalized spacial score (nSPS) is 23.7. The van der Waals surface area contributed by atoms with Gasteiger partial charge >= 0.3 is 11.9 Å². The minimum Gasteiger partial charge on any atom is -0.454 e. The first-order valence-corrected chi connectivity index (χ1v) is 7.75. The standard InChI is InChI=1S/C17H24O7/c1-9(2)14-13(24-17(22)10(3)5-6-18)7-12(8-19)15(21)16(14)23-11(4)20/h7,9,13-14,16,18-19H,3,5-6,8H2,1-2,4H3/t13-,14-,16+/m0/s1. The molecule has 0 aliphatic heterocycles. The number of carbonyl (C=O) groups excluding carboxylic acids is 3. The highest BCUT2D eigenvalue weighted by atomic mass is 16.6. The fourth-order valence-electron chi connectivity index (χ4n) is 2.65. The average Bonchev–Trinajstić information content (AvgIpc) is 2.49. The highest BCUT2D eigenvalue weighted by molar-refractivity contribution is 6.01. The smallest absolute Gasteiger partial charge is 0.334 e. The number of aliphatic hydroxyl groups excluding tert-OH is 2. The van der Waals surface area contributed by atoms with Gasteiger partial charge in [0.1, 0.15) is 6.10 Å². The number of carbonyl (C=O) groups is 3. The summed E-state index contributed by atoms with van der Waals surface area (Å²) in [6, 6.07) is 0. The molecule has 1 aliphatic carbocycles. The molecular weight excluding hydrogens is 316 g/mol. The fraction of sp³-hybridized carbons (Fsp3) is 0.588. The van der Waals surface area contributed by atoms with Crippen molar-refractivity contribution in [3.05, 3.63) is 23.8 Å². The molecule has 0 spiro atoms. The van der Waals surface area contributed by atoms with E-state index in [9.17, 15) is 19.5 Å². The molecule has 1 rings (SSSR count). The molecule has 0 radical (unpaired) electrons. The van der Waals surface area contributed by atoms with E-state index in [0.29, 0.717) is 0 Å². The third-order valence-electron chi connectivity index (χ3n) is 3.85. The Hall–Kier alpha value is -1.99. The molecule has 0 fully saturated rings. The topological polar surface area (TPSA) is 110 Å². The van der Waals surface area contributed by atoms with Crippen molar-refractivity contribution >= 4 is 17.7 Å². The molecule has 0 saturated carbocycles. The summed E-state index contributed by atoms with van der Waals surface area (Å²) in [5.74, 6) is -2.55. The summed E-state index contributed by atoms with van der Waals surface area (Å²) in [5.41, 5.74) is 0.128. The van der Waals surface area contributed by atoms with Crippen LogP contribution in [0.3, 0.4) is 0 Å². The van der Waals surface area contributed by atoms with Gasteiger partial charge in [0.05, 0.1) is 6.61 Å². The number of ether oxygens (including phenoxy) is 2. The fourth-order valence-corrected chi connectivity index (χ4v) is 2.65. The van der Waals surface area contributed by atoms with Gasteiger partial charge in [-0.05, 0) is 12.0 Å². The van der Waals surface area contributed by atoms with Gasteiger partial charge in [0.2, 0.25) is 5.78 Å². The Kier molecular flexibility index (Phi) is 7.31. The number of hydrogen-bond acceptors (Lipinski definition) is 7. The Balaban J connectivity index is 3.15. The van der Waals surface area contributed by atoms with E-state index in [1.807, 2.05) is 13.8 Å². The van der Waals surface area contributed by atoms with Crippen molar-refractivity contribution in [3.8, 4) is 0 Å². The lowest BCUT2D eigenvalue weighted by Gasteiger charge is -2.37. The van der Waals surface area contributed by atoms with E-state index in [2.05, 4.69) is 6.58 Å². The summed E-state index contributed by atoms with van der Waals surface area (Å²) < 4.78 is 10.5. The van der Waals surface area contributed by atoms with E-state index in [4.69, 9.17) is 14.6 Å². The Morgan fingerprint density at radius 3 is 2.38 bits per heavy atom. The second-order valence-corrected chi connectivity index (χ2v) is 6.01. The predicted molar refractivity (Wildman–Crippen MR) is 84.8 cm³/mol. The molecule has 0 saturated heterocycles.